The smallest absolute Gasteiger partial charge is 0.254 e. The average Bonchev–Trinajstić information content (AvgIpc) is 2.97. The van der Waals surface area contributed by atoms with Crippen molar-refractivity contribution in [2.45, 2.75) is 44.3 Å². The maximum Gasteiger partial charge on any atom is 0.254 e. The van der Waals surface area contributed by atoms with Gasteiger partial charge < -0.3 is 19.7 Å². The summed E-state index contributed by atoms with van der Waals surface area (Å²) in [6, 6.07) is 0. The Balaban J connectivity index is 0.00000200. The van der Waals surface area contributed by atoms with E-state index >= 15 is 0 Å². The van der Waals surface area contributed by atoms with E-state index in [2.05, 4.69) is 5.32 Å². The molecule has 6 heteroatoms. The molecule has 2 rings (SSSR count). The number of carbonyl (C=O) groups is 1. The van der Waals surface area contributed by atoms with Crippen molar-refractivity contribution in [2.75, 3.05) is 39.9 Å². The molecule has 2 aliphatic heterocycles. The van der Waals surface area contributed by atoms with Crippen LogP contribution in [0.2, 0.25) is 0 Å². The monoisotopic (exact) mass is 306 g/mol. The van der Waals surface area contributed by atoms with Crippen molar-refractivity contribution in [1.82, 2.24) is 10.2 Å². The minimum atomic E-state index is -0.625. The molecule has 5 nitrogen and oxygen atoms in total. The second-order valence-corrected chi connectivity index (χ2v) is 5.43. The fraction of sp³-hybridized carbons (Fsp3) is 0.929. The standard InChI is InChI=1S/C14H26N2O3.ClH/c1-3-16(11-12-5-4-10-19-12)13(17)14(18-2)6-8-15-9-7-14;/h12,15H,3-11H2,1-2H3;1H. The summed E-state index contributed by atoms with van der Waals surface area (Å²) in [5, 5.41) is 3.28. The summed E-state index contributed by atoms with van der Waals surface area (Å²) in [5.74, 6) is 0.134. The van der Waals surface area contributed by atoms with Crippen molar-refractivity contribution in [3.05, 3.63) is 0 Å². The molecule has 2 saturated heterocycles. The largest absolute Gasteiger partial charge is 0.376 e. The molecule has 1 amide bonds. The van der Waals surface area contributed by atoms with E-state index in [1.54, 1.807) is 7.11 Å². The Bertz CT molecular complexity index is 303. The summed E-state index contributed by atoms with van der Waals surface area (Å²) in [7, 11) is 1.66. The number of methoxy groups -OCH3 is 1. The van der Waals surface area contributed by atoms with Crippen LogP contribution in [0.25, 0.3) is 0 Å². The molecule has 2 heterocycles. The van der Waals surface area contributed by atoms with Gasteiger partial charge in [0.1, 0.15) is 5.60 Å². The number of amides is 1. The lowest BCUT2D eigenvalue weighted by Gasteiger charge is -2.39. The van der Waals surface area contributed by atoms with E-state index in [-0.39, 0.29) is 24.4 Å². The van der Waals surface area contributed by atoms with E-state index in [1.165, 1.54) is 0 Å². The van der Waals surface area contributed by atoms with Gasteiger partial charge >= 0.3 is 0 Å². The highest BCUT2D eigenvalue weighted by molar-refractivity contribution is 5.85. The molecule has 0 spiro atoms. The number of nitrogens with one attached hydrogen (secondary N) is 1. The lowest BCUT2D eigenvalue weighted by atomic mass is 9.90. The first-order valence-corrected chi connectivity index (χ1v) is 7.38. The number of ether oxygens (including phenoxy) is 2. The summed E-state index contributed by atoms with van der Waals surface area (Å²) < 4.78 is 11.3. The van der Waals surface area contributed by atoms with Gasteiger partial charge in [0.25, 0.3) is 5.91 Å². The molecular weight excluding hydrogens is 280 g/mol. The van der Waals surface area contributed by atoms with Crippen LogP contribution >= 0.6 is 12.4 Å². The van der Waals surface area contributed by atoms with Gasteiger partial charge in [-0.2, -0.15) is 0 Å². The highest BCUT2D eigenvalue weighted by atomic mass is 35.5. The van der Waals surface area contributed by atoms with E-state index < -0.39 is 5.60 Å². The summed E-state index contributed by atoms with van der Waals surface area (Å²) in [4.78, 5) is 14.7. The number of halogens is 1. The van der Waals surface area contributed by atoms with Crippen LogP contribution in [0.5, 0.6) is 0 Å². The van der Waals surface area contributed by atoms with Gasteiger partial charge in [-0.1, -0.05) is 0 Å². The Morgan fingerprint density at radius 3 is 2.65 bits per heavy atom. The number of rotatable bonds is 5. The molecule has 0 bridgehead atoms. The normalized spacial score (nSPS) is 25.0. The molecule has 0 radical (unpaired) electrons. The second kappa shape index (κ2) is 8.17. The van der Waals surface area contributed by atoms with E-state index in [9.17, 15) is 4.79 Å². The predicted molar refractivity (Wildman–Crippen MR) is 80.3 cm³/mol. The molecule has 0 aromatic heterocycles. The number of hydrogen-bond acceptors (Lipinski definition) is 4. The van der Waals surface area contributed by atoms with E-state index in [0.29, 0.717) is 6.54 Å². The summed E-state index contributed by atoms with van der Waals surface area (Å²) >= 11 is 0. The van der Waals surface area contributed by atoms with Gasteiger partial charge in [-0.15, -0.1) is 12.4 Å². The zero-order valence-electron chi connectivity index (χ0n) is 12.5. The van der Waals surface area contributed by atoms with Crippen LogP contribution < -0.4 is 5.32 Å². The van der Waals surface area contributed by atoms with Crippen LogP contribution in [0.1, 0.15) is 32.6 Å². The quantitative estimate of drug-likeness (QED) is 0.829. The Hall–Kier alpha value is -0.360. The van der Waals surface area contributed by atoms with Gasteiger partial charge in [-0.25, -0.2) is 0 Å². The number of carbonyl (C=O) groups excluding carboxylic acids is 1. The lowest BCUT2D eigenvalue weighted by Crippen LogP contribution is -2.56. The van der Waals surface area contributed by atoms with Crippen LogP contribution in [0.4, 0.5) is 0 Å². The van der Waals surface area contributed by atoms with Crippen LogP contribution in [0, 0.1) is 0 Å². The van der Waals surface area contributed by atoms with Crippen LogP contribution in [-0.4, -0.2) is 62.4 Å². The minimum absolute atomic E-state index is 0. The van der Waals surface area contributed by atoms with E-state index in [0.717, 1.165) is 51.9 Å². The highest BCUT2D eigenvalue weighted by Gasteiger charge is 2.42. The highest BCUT2D eigenvalue weighted by Crippen LogP contribution is 2.26. The van der Waals surface area contributed by atoms with E-state index in [4.69, 9.17) is 9.47 Å². The first kappa shape index (κ1) is 17.7. The Labute approximate surface area is 127 Å². The number of likely N-dealkylation sites (N-methyl/N-ethyl adjacent to an activating group) is 1. The molecule has 20 heavy (non-hydrogen) atoms. The topological polar surface area (TPSA) is 50.8 Å². The van der Waals surface area contributed by atoms with Crippen molar-refractivity contribution < 1.29 is 14.3 Å². The third kappa shape index (κ3) is 3.85. The first-order valence-electron chi connectivity index (χ1n) is 7.38. The molecule has 0 saturated carbocycles. The fourth-order valence-electron chi connectivity index (χ4n) is 3.01. The molecule has 2 fully saturated rings. The Kier molecular flexibility index (Phi) is 7.23. The van der Waals surface area contributed by atoms with E-state index in [1.807, 2.05) is 11.8 Å². The average molecular weight is 307 g/mol. The summed E-state index contributed by atoms with van der Waals surface area (Å²) in [6.45, 7) is 5.96. The predicted octanol–water partition coefficient (Wildman–Crippen LogP) is 1.20. The fourth-order valence-corrected chi connectivity index (χ4v) is 3.01. The number of hydrogen-bond donors (Lipinski definition) is 1. The minimum Gasteiger partial charge on any atom is -0.376 e. The van der Waals surface area contributed by atoms with Crippen molar-refractivity contribution >= 4 is 18.3 Å². The maximum atomic E-state index is 12.8. The Morgan fingerprint density at radius 1 is 1.45 bits per heavy atom. The second-order valence-electron chi connectivity index (χ2n) is 5.43. The van der Waals surface area contributed by atoms with Crippen molar-refractivity contribution in [3.8, 4) is 0 Å². The number of piperidine rings is 1. The first-order chi connectivity index (χ1) is 9.22. The lowest BCUT2D eigenvalue weighted by molar-refractivity contribution is -0.159. The zero-order valence-corrected chi connectivity index (χ0v) is 13.3. The van der Waals surface area contributed by atoms with Crippen molar-refractivity contribution in [1.29, 1.82) is 0 Å². The van der Waals surface area contributed by atoms with Gasteiger partial charge in [-0.3, -0.25) is 4.79 Å². The molecule has 2 aliphatic rings. The van der Waals surface area contributed by atoms with Crippen molar-refractivity contribution in [2.24, 2.45) is 0 Å². The maximum absolute atomic E-state index is 12.8. The molecule has 1 atom stereocenters. The third-order valence-corrected chi connectivity index (χ3v) is 4.31. The molecule has 0 aromatic rings. The molecule has 118 valence electrons. The zero-order chi connectivity index (χ0) is 13.7. The SMILES string of the molecule is CCN(CC1CCCO1)C(=O)C1(OC)CCNCC1.Cl. The van der Waals surface area contributed by atoms with Gasteiger partial charge in [0.15, 0.2) is 0 Å². The molecule has 1 N–H and O–H groups in total. The molecule has 1 unspecified atom stereocenters. The molecule has 0 aromatic carbocycles. The van der Waals surface area contributed by atoms with Gasteiger partial charge in [0.05, 0.1) is 6.10 Å². The van der Waals surface area contributed by atoms with Gasteiger partial charge in [0.2, 0.25) is 0 Å². The van der Waals surface area contributed by atoms with Crippen LogP contribution in [0.3, 0.4) is 0 Å². The third-order valence-electron chi connectivity index (χ3n) is 4.31. The van der Waals surface area contributed by atoms with Gasteiger partial charge in [-0.05, 0) is 45.7 Å². The molecule has 0 aliphatic carbocycles. The van der Waals surface area contributed by atoms with Crippen LogP contribution in [0.15, 0.2) is 0 Å². The van der Waals surface area contributed by atoms with Gasteiger partial charge in [0, 0.05) is 26.8 Å². The summed E-state index contributed by atoms with van der Waals surface area (Å²) in [6.07, 6.45) is 3.88. The Morgan fingerprint density at radius 2 is 2.15 bits per heavy atom. The molecular formula is C14H27ClN2O3. The summed E-state index contributed by atoms with van der Waals surface area (Å²) in [5.41, 5.74) is -0.625. The van der Waals surface area contributed by atoms with Crippen molar-refractivity contribution in [3.63, 3.8) is 0 Å². The number of nitrogens with zero attached hydrogens (tertiary/aromatic N) is 1. The van der Waals surface area contributed by atoms with Crippen LogP contribution in [-0.2, 0) is 14.3 Å².